The van der Waals surface area contributed by atoms with Gasteiger partial charge in [0.1, 0.15) is 0 Å². The Balaban J connectivity index is 0.00000162. The monoisotopic (exact) mass is 464 g/mol. The largest absolute Gasteiger partial charge is 1.00 e. The molecular weight excluding hydrogens is 442 g/mol. The van der Waals surface area contributed by atoms with Crippen molar-refractivity contribution in [3.8, 4) is 0 Å². The molecule has 0 aromatic rings. The molecule has 19 heavy (non-hydrogen) atoms. The third-order valence-corrected chi connectivity index (χ3v) is 9.45. The molecule has 2 aliphatic carbocycles. The van der Waals surface area contributed by atoms with Crippen LogP contribution < -0.4 is 24.8 Å². The van der Waals surface area contributed by atoms with Gasteiger partial charge in [0.15, 0.2) is 0 Å². The predicted molar refractivity (Wildman–Crippen MR) is 71.4 cm³/mol. The summed E-state index contributed by atoms with van der Waals surface area (Å²) in [4.78, 5) is 0. The van der Waals surface area contributed by atoms with E-state index >= 15 is 0 Å². The van der Waals surface area contributed by atoms with E-state index in [1.165, 1.54) is 25.7 Å². The zero-order chi connectivity index (χ0) is 12.4. The van der Waals surface area contributed by atoms with Gasteiger partial charge in [-0.1, -0.05) is 0 Å². The van der Waals surface area contributed by atoms with E-state index in [1.807, 2.05) is 0 Å². The van der Waals surface area contributed by atoms with Crippen molar-refractivity contribution >= 4 is 0 Å². The maximum atomic E-state index is 2.53. The van der Waals surface area contributed by atoms with Crippen molar-refractivity contribution in [1.29, 1.82) is 0 Å². The smallest absolute Gasteiger partial charge is 1.00 e. The minimum atomic E-state index is -0.761. The van der Waals surface area contributed by atoms with Gasteiger partial charge < -0.3 is 24.8 Å². The molecule has 0 atom stereocenters. The number of hydrogen-bond acceptors (Lipinski definition) is 0. The average molecular weight is 464 g/mol. The summed E-state index contributed by atoms with van der Waals surface area (Å²) in [5, 5.41) is 0. The van der Waals surface area contributed by atoms with Crippen molar-refractivity contribution in [2.24, 2.45) is 0 Å². The van der Waals surface area contributed by atoms with Crippen LogP contribution in [0.4, 0.5) is 0 Å². The van der Waals surface area contributed by atoms with E-state index in [-0.39, 0.29) is 24.8 Å². The first-order chi connectivity index (χ1) is 8.17. The quantitative estimate of drug-likeness (QED) is 0.475. The van der Waals surface area contributed by atoms with Crippen LogP contribution in [0.5, 0.6) is 0 Å². The van der Waals surface area contributed by atoms with Gasteiger partial charge >= 0.3 is 117 Å². The van der Waals surface area contributed by atoms with Crippen LogP contribution in [0, 0.1) is 0 Å². The minimum Gasteiger partial charge on any atom is -1.00 e. The maximum absolute atomic E-state index is 2.53. The molecule has 2 aliphatic rings. The summed E-state index contributed by atoms with van der Waals surface area (Å²) in [6.45, 7) is 9.26. The Kier molecular flexibility index (Phi) is 8.83. The van der Waals surface area contributed by atoms with Crippen molar-refractivity contribution < 1.29 is 47.7 Å². The van der Waals surface area contributed by atoms with Gasteiger partial charge in [-0.15, -0.1) is 0 Å². The number of rotatable bonds is 4. The molecule has 0 aliphatic heterocycles. The fourth-order valence-corrected chi connectivity index (χ4v) is 9.24. The van der Waals surface area contributed by atoms with Crippen LogP contribution in [-0.4, -0.2) is 0 Å². The Morgan fingerprint density at radius 2 is 1.21 bits per heavy atom. The third kappa shape index (κ3) is 4.19. The predicted octanol–water partition coefficient (Wildman–Crippen LogP) is -0.895. The van der Waals surface area contributed by atoms with E-state index in [0.29, 0.717) is 0 Å². The molecule has 0 fully saturated rings. The van der Waals surface area contributed by atoms with Crippen LogP contribution in [0.25, 0.3) is 0 Å². The van der Waals surface area contributed by atoms with Crippen molar-refractivity contribution in [2.75, 3.05) is 0 Å². The molecule has 3 heteroatoms. The van der Waals surface area contributed by atoms with Crippen molar-refractivity contribution in [1.82, 2.24) is 0 Å². The molecule has 0 amide bonds. The summed E-state index contributed by atoms with van der Waals surface area (Å²) >= 11 is -0.761. The first kappa shape index (κ1) is 19.4. The molecule has 0 bridgehead atoms. The molecule has 0 heterocycles. The average Bonchev–Trinajstić information content (AvgIpc) is 2.83. The van der Waals surface area contributed by atoms with E-state index in [9.17, 15) is 0 Å². The van der Waals surface area contributed by atoms with Crippen molar-refractivity contribution in [3.05, 3.63) is 41.1 Å². The third-order valence-electron chi connectivity index (χ3n) is 3.88. The van der Waals surface area contributed by atoms with Crippen LogP contribution in [-0.2, 0) is 22.9 Å². The van der Waals surface area contributed by atoms with Gasteiger partial charge in [0, 0.05) is 0 Å². The van der Waals surface area contributed by atoms with Crippen LogP contribution in [0.2, 0.25) is 0 Å². The molecule has 2 rings (SSSR count). The topological polar surface area (TPSA) is 0 Å². The van der Waals surface area contributed by atoms with Crippen LogP contribution >= 0.6 is 0 Å². The zero-order valence-corrected chi connectivity index (χ0v) is 17.3. The first-order valence-corrected chi connectivity index (χ1v) is 10.3. The second-order valence-electron chi connectivity index (χ2n) is 4.99. The molecule has 0 N–H and O–H groups in total. The molecule has 0 aromatic carbocycles. The maximum Gasteiger partial charge on any atom is -1.00 e. The number of allylic oxidation sites excluding steroid dienone is 8. The Labute approximate surface area is 141 Å². The van der Waals surface area contributed by atoms with Crippen LogP contribution in [0.3, 0.4) is 0 Å². The van der Waals surface area contributed by atoms with Gasteiger partial charge in [0.25, 0.3) is 0 Å². The molecule has 0 nitrogen and oxygen atoms in total. The van der Waals surface area contributed by atoms with E-state index in [1.54, 1.807) is 29.0 Å². The van der Waals surface area contributed by atoms with Gasteiger partial charge in [-0.25, -0.2) is 0 Å². The molecular formula is C16H22Cl2Hf. The summed E-state index contributed by atoms with van der Waals surface area (Å²) in [6.07, 6.45) is 9.98. The van der Waals surface area contributed by atoms with Gasteiger partial charge in [-0.05, 0) is 0 Å². The van der Waals surface area contributed by atoms with E-state index in [0.717, 1.165) is 0 Å². The van der Waals surface area contributed by atoms with Gasteiger partial charge in [-0.3, -0.25) is 0 Å². The molecule has 0 spiro atoms. The molecule has 0 unspecified atom stereocenters. The Morgan fingerprint density at radius 3 is 1.53 bits per heavy atom. The van der Waals surface area contributed by atoms with E-state index in [2.05, 4.69) is 39.8 Å². The standard InChI is InChI=1S/2C8H11.2ClH.Hf/c2*1-3-8-6-4-5-7(8)2;;;/h2*4H,3,5H2,1-2H3;2*1H;/q;;;;+2/p-2. The molecule has 0 saturated carbocycles. The SMILES string of the molecule is CCC1=C(C)CC=[C]1[Hf+2][C]1=CCC(C)=C1CC.[Cl-].[Cl-]. The van der Waals surface area contributed by atoms with Crippen LogP contribution in [0.1, 0.15) is 53.4 Å². The van der Waals surface area contributed by atoms with Gasteiger partial charge in [0.2, 0.25) is 0 Å². The summed E-state index contributed by atoms with van der Waals surface area (Å²) in [6, 6.07) is 0. The Hall–Kier alpha value is 0.410. The second-order valence-corrected chi connectivity index (χ2v) is 9.76. The summed E-state index contributed by atoms with van der Waals surface area (Å²) in [5.74, 6) is 0. The van der Waals surface area contributed by atoms with E-state index < -0.39 is 22.9 Å². The van der Waals surface area contributed by atoms with Crippen LogP contribution in [0.15, 0.2) is 41.1 Å². The van der Waals surface area contributed by atoms with Crippen molar-refractivity contribution in [3.63, 3.8) is 0 Å². The summed E-state index contributed by atoms with van der Waals surface area (Å²) < 4.78 is 3.58. The van der Waals surface area contributed by atoms with Gasteiger partial charge in [-0.2, -0.15) is 0 Å². The fourth-order valence-electron chi connectivity index (χ4n) is 2.85. The summed E-state index contributed by atoms with van der Waals surface area (Å²) in [5.41, 5.74) is 6.67. The normalized spacial score (nSPS) is 17.7. The summed E-state index contributed by atoms with van der Waals surface area (Å²) in [7, 11) is 0. The fraction of sp³-hybridized carbons (Fsp3) is 0.500. The Bertz CT molecular complexity index is 411. The minimum absolute atomic E-state index is 0. The molecule has 0 aromatic heterocycles. The van der Waals surface area contributed by atoms with E-state index in [4.69, 9.17) is 0 Å². The molecule has 104 valence electrons. The second kappa shape index (κ2) is 8.64. The molecule has 0 saturated heterocycles. The van der Waals surface area contributed by atoms with Crippen molar-refractivity contribution in [2.45, 2.75) is 53.4 Å². The first-order valence-electron chi connectivity index (χ1n) is 6.72. The molecule has 0 radical (unpaired) electrons. The zero-order valence-electron chi connectivity index (χ0n) is 12.2. The Morgan fingerprint density at radius 1 is 0.842 bits per heavy atom. The number of hydrogen-bond donors (Lipinski definition) is 0. The number of halogens is 2. The van der Waals surface area contributed by atoms with Gasteiger partial charge in [0.05, 0.1) is 0 Å².